The molecule has 0 bridgehead atoms. The molecule has 1 saturated carbocycles. The summed E-state index contributed by atoms with van der Waals surface area (Å²) in [5.74, 6) is 0. The minimum absolute atomic E-state index is 0.0752. The Hall–Kier alpha value is -0.120. The highest BCUT2D eigenvalue weighted by atomic mass is 16.5. The minimum Gasteiger partial charge on any atom is -0.387 e. The molecule has 1 N–H and O–H groups in total. The average Bonchev–Trinajstić information content (AvgIpc) is 2.85. The molecular formula is C9H17NO2. The van der Waals surface area contributed by atoms with Crippen molar-refractivity contribution in [1.82, 2.24) is 4.90 Å². The summed E-state index contributed by atoms with van der Waals surface area (Å²) in [5.41, 5.74) is -0.464. The minimum atomic E-state index is -0.464. The zero-order chi connectivity index (χ0) is 8.60. The Morgan fingerprint density at radius 3 is 2.92 bits per heavy atom. The topological polar surface area (TPSA) is 32.7 Å². The third kappa shape index (κ3) is 1.49. The third-order valence-electron chi connectivity index (χ3n) is 2.96. The fourth-order valence-electron chi connectivity index (χ4n) is 1.76. The van der Waals surface area contributed by atoms with E-state index in [0.717, 1.165) is 39.1 Å². The first-order chi connectivity index (χ1) is 5.74. The van der Waals surface area contributed by atoms with Crippen molar-refractivity contribution >= 4 is 0 Å². The molecule has 0 radical (unpaired) electrons. The van der Waals surface area contributed by atoms with Crippen LogP contribution in [0, 0.1) is 0 Å². The molecule has 0 aromatic carbocycles. The van der Waals surface area contributed by atoms with Crippen LogP contribution in [0.1, 0.15) is 19.8 Å². The largest absolute Gasteiger partial charge is 0.387 e. The molecule has 1 saturated heterocycles. The normalized spacial score (nSPS) is 35.0. The van der Waals surface area contributed by atoms with Crippen molar-refractivity contribution in [3.63, 3.8) is 0 Å². The first kappa shape index (κ1) is 8.48. The van der Waals surface area contributed by atoms with E-state index in [1.54, 1.807) is 0 Å². The van der Waals surface area contributed by atoms with Gasteiger partial charge in [0.2, 0.25) is 0 Å². The summed E-state index contributed by atoms with van der Waals surface area (Å²) in [6, 6.07) is 0. The van der Waals surface area contributed by atoms with Crippen LogP contribution in [0.15, 0.2) is 0 Å². The maximum atomic E-state index is 9.82. The SMILES string of the molecule is CCN1CCO[C@H](C2(O)CC2)C1. The van der Waals surface area contributed by atoms with Crippen LogP contribution in [0.5, 0.6) is 0 Å². The van der Waals surface area contributed by atoms with Crippen LogP contribution in [-0.2, 0) is 4.74 Å². The molecule has 0 aromatic rings. The van der Waals surface area contributed by atoms with E-state index in [4.69, 9.17) is 4.74 Å². The van der Waals surface area contributed by atoms with Crippen molar-refractivity contribution in [2.24, 2.45) is 0 Å². The number of hydrogen-bond donors (Lipinski definition) is 1. The molecule has 1 aliphatic carbocycles. The summed E-state index contributed by atoms with van der Waals surface area (Å²) in [4.78, 5) is 2.34. The van der Waals surface area contributed by atoms with E-state index in [2.05, 4.69) is 11.8 Å². The standard InChI is InChI=1S/C9H17NO2/c1-2-10-5-6-12-8(7-10)9(11)3-4-9/h8,11H,2-7H2,1H3/t8-/m0/s1. The van der Waals surface area contributed by atoms with E-state index < -0.39 is 5.60 Å². The number of hydrogen-bond acceptors (Lipinski definition) is 3. The second kappa shape index (κ2) is 2.98. The Morgan fingerprint density at radius 2 is 2.33 bits per heavy atom. The summed E-state index contributed by atoms with van der Waals surface area (Å²) in [6.45, 7) is 5.92. The van der Waals surface area contributed by atoms with E-state index >= 15 is 0 Å². The Labute approximate surface area is 73.3 Å². The molecule has 70 valence electrons. The maximum absolute atomic E-state index is 9.82. The van der Waals surface area contributed by atoms with E-state index in [1.165, 1.54) is 0 Å². The molecular weight excluding hydrogens is 154 g/mol. The average molecular weight is 171 g/mol. The van der Waals surface area contributed by atoms with E-state index in [0.29, 0.717) is 0 Å². The fourth-order valence-corrected chi connectivity index (χ4v) is 1.76. The fraction of sp³-hybridized carbons (Fsp3) is 1.00. The lowest BCUT2D eigenvalue weighted by atomic mass is 10.1. The quantitative estimate of drug-likeness (QED) is 0.645. The van der Waals surface area contributed by atoms with Crippen LogP contribution in [0.3, 0.4) is 0 Å². The van der Waals surface area contributed by atoms with Crippen molar-refractivity contribution in [2.45, 2.75) is 31.5 Å². The van der Waals surface area contributed by atoms with Crippen molar-refractivity contribution in [2.75, 3.05) is 26.2 Å². The van der Waals surface area contributed by atoms with Crippen LogP contribution < -0.4 is 0 Å². The van der Waals surface area contributed by atoms with Crippen LogP contribution >= 0.6 is 0 Å². The second-order valence-electron chi connectivity index (χ2n) is 3.86. The van der Waals surface area contributed by atoms with E-state index in [9.17, 15) is 5.11 Å². The molecule has 2 rings (SSSR count). The van der Waals surface area contributed by atoms with Gasteiger partial charge >= 0.3 is 0 Å². The van der Waals surface area contributed by atoms with Crippen molar-refractivity contribution in [1.29, 1.82) is 0 Å². The van der Waals surface area contributed by atoms with Crippen LogP contribution in [0.25, 0.3) is 0 Å². The lowest BCUT2D eigenvalue weighted by molar-refractivity contribution is -0.0989. The Balaban J connectivity index is 1.90. The molecule has 12 heavy (non-hydrogen) atoms. The van der Waals surface area contributed by atoms with E-state index in [1.807, 2.05) is 0 Å². The molecule has 1 atom stereocenters. The smallest absolute Gasteiger partial charge is 0.0989 e. The highest BCUT2D eigenvalue weighted by Crippen LogP contribution is 2.40. The number of aliphatic hydroxyl groups is 1. The van der Waals surface area contributed by atoms with Gasteiger partial charge in [-0.2, -0.15) is 0 Å². The van der Waals surface area contributed by atoms with Crippen LogP contribution in [-0.4, -0.2) is 48.0 Å². The third-order valence-corrected chi connectivity index (χ3v) is 2.96. The van der Waals surface area contributed by atoms with E-state index in [-0.39, 0.29) is 6.10 Å². The van der Waals surface area contributed by atoms with Gasteiger partial charge in [0.05, 0.1) is 18.3 Å². The molecule has 3 heteroatoms. The number of nitrogens with zero attached hydrogens (tertiary/aromatic N) is 1. The molecule has 1 aliphatic heterocycles. The number of morpholine rings is 1. The zero-order valence-electron chi connectivity index (χ0n) is 7.62. The van der Waals surface area contributed by atoms with Gasteiger partial charge in [-0.15, -0.1) is 0 Å². The summed E-state index contributed by atoms with van der Waals surface area (Å²) in [5, 5.41) is 9.82. The van der Waals surface area contributed by atoms with Crippen molar-refractivity contribution in [3.8, 4) is 0 Å². The number of ether oxygens (including phenoxy) is 1. The zero-order valence-corrected chi connectivity index (χ0v) is 7.62. The van der Waals surface area contributed by atoms with Gasteiger partial charge in [-0.1, -0.05) is 6.92 Å². The van der Waals surface area contributed by atoms with Gasteiger partial charge in [0.1, 0.15) is 0 Å². The Morgan fingerprint density at radius 1 is 1.58 bits per heavy atom. The van der Waals surface area contributed by atoms with Gasteiger partial charge in [0.15, 0.2) is 0 Å². The molecule has 0 spiro atoms. The molecule has 0 unspecified atom stereocenters. The predicted molar refractivity (Wildman–Crippen MR) is 46.0 cm³/mol. The molecule has 2 fully saturated rings. The van der Waals surface area contributed by atoms with Crippen molar-refractivity contribution in [3.05, 3.63) is 0 Å². The molecule has 0 amide bonds. The number of rotatable bonds is 2. The monoisotopic (exact) mass is 171 g/mol. The van der Waals surface area contributed by atoms with Gasteiger partial charge in [0, 0.05) is 13.1 Å². The lowest BCUT2D eigenvalue weighted by Crippen LogP contribution is -2.48. The van der Waals surface area contributed by atoms with Gasteiger partial charge in [-0.05, 0) is 19.4 Å². The molecule has 2 aliphatic rings. The summed E-state index contributed by atoms with van der Waals surface area (Å²) in [7, 11) is 0. The van der Waals surface area contributed by atoms with Crippen LogP contribution in [0.2, 0.25) is 0 Å². The molecule has 0 aromatic heterocycles. The van der Waals surface area contributed by atoms with Gasteiger partial charge < -0.3 is 9.84 Å². The first-order valence-corrected chi connectivity index (χ1v) is 4.81. The lowest BCUT2D eigenvalue weighted by Gasteiger charge is -2.34. The summed E-state index contributed by atoms with van der Waals surface area (Å²) < 4.78 is 5.55. The second-order valence-corrected chi connectivity index (χ2v) is 3.86. The predicted octanol–water partition coefficient (Wildman–Crippen LogP) is 0.232. The number of likely N-dealkylation sites (N-methyl/N-ethyl adjacent to an activating group) is 1. The highest BCUT2D eigenvalue weighted by Gasteiger charge is 2.49. The first-order valence-electron chi connectivity index (χ1n) is 4.81. The Kier molecular flexibility index (Phi) is 2.10. The highest BCUT2D eigenvalue weighted by molar-refractivity contribution is 5.02. The van der Waals surface area contributed by atoms with Crippen LogP contribution in [0.4, 0.5) is 0 Å². The van der Waals surface area contributed by atoms with Crippen molar-refractivity contribution < 1.29 is 9.84 Å². The summed E-state index contributed by atoms with van der Waals surface area (Å²) in [6.07, 6.45) is 1.93. The Bertz CT molecular complexity index is 168. The molecule has 3 nitrogen and oxygen atoms in total. The molecule has 1 heterocycles. The van der Waals surface area contributed by atoms with Gasteiger partial charge in [0.25, 0.3) is 0 Å². The summed E-state index contributed by atoms with van der Waals surface area (Å²) >= 11 is 0. The maximum Gasteiger partial charge on any atom is 0.0989 e. The van der Waals surface area contributed by atoms with Gasteiger partial charge in [-0.3, -0.25) is 4.90 Å². The van der Waals surface area contributed by atoms with Gasteiger partial charge in [-0.25, -0.2) is 0 Å².